The highest BCUT2D eigenvalue weighted by Crippen LogP contribution is 2.28. The number of aromatic amines is 1. The SMILES string of the molecule is C[C@@H](Nc1ncnc2[nH]cnc12)c1nc2ccc(F)c(Cl)c2c(=O)n1-c1c(F)cccc1F. The zero-order valence-electron chi connectivity index (χ0n) is 16.8. The van der Waals surface area contributed by atoms with E-state index in [1.165, 1.54) is 18.7 Å². The molecule has 0 aliphatic rings. The van der Waals surface area contributed by atoms with Gasteiger partial charge in [-0.15, -0.1) is 0 Å². The van der Waals surface area contributed by atoms with Crippen LogP contribution in [-0.4, -0.2) is 29.5 Å². The van der Waals surface area contributed by atoms with Crippen molar-refractivity contribution >= 4 is 39.5 Å². The predicted octanol–water partition coefficient (Wildman–Crippen LogP) is 4.30. The minimum atomic E-state index is -1.00. The minimum Gasteiger partial charge on any atom is -0.358 e. The number of fused-ring (bicyclic) bond motifs is 2. The summed E-state index contributed by atoms with van der Waals surface area (Å²) < 4.78 is 44.3. The zero-order valence-corrected chi connectivity index (χ0v) is 17.5. The van der Waals surface area contributed by atoms with Crippen LogP contribution in [0, 0.1) is 17.5 Å². The Labute approximate surface area is 188 Å². The van der Waals surface area contributed by atoms with Gasteiger partial charge < -0.3 is 10.3 Å². The van der Waals surface area contributed by atoms with Crippen LogP contribution in [0.5, 0.6) is 0 Å². The van der Waals surface area contributed by atoms with Crippen molar-refractivity contribution in [1.29, 1.82) is 0 Å². The summed E-state index contributed by atoms with van der Waals surface area (Å²) in [5.74, 6) is -2.61. The van der Waals surface area contributed by atoms with Gasteiger partial charge in [0.15, 0.2) is 11.5 Å². The van der Waals surface area contributed by atoms with Crippen LogP contribution >= 0.6 is 11.6 Å². The highest BCUT2D eigenvalue weighted by atomic mass is 35.5. The number of hydrogen-bond acceptors (Lipinski definition) is 6. The Morgan fingerprint density at radius 1 is 1.06 bits per heavy atom. The fraction of sp³-hybridized carbons (Fsp3) is 0.0952. The van der Waals surface area contributed by atoms with Gasteiger partial charge in [0.25, 0.3) is 5.56 Å². The summed E-state index contributed by atoms with van der Waals surface area (Å²) in [5.41, 5.74) is -0.638. The van der Waals surface area contributed by atoms with Gasteiger partial charge in [-0.3, -0.25) is 9.36 Å². The number of H-pyrrole nitrogens is 1. The zero-order chi connectivity index (χ0) is 23.3. The summed E-state index contributed by atoms with van der Waals surface area (Å²) in [4.78, 5) is 33.0. The van der Waals surface area contributed by atoms with E-state index in [0.29, 0.717) is 17.0 Å². The molecule has 5 aromatic rings. The average Bonchev–Trinajstić information content (AvgIpc) is 3.27. The first-order chi connectivity index (χ1) is 15.9. The van der Waals surface area contributed by atoms with Gasteiger partial charge in [0.2, 0.25) is 0 Å². The van der Waals surface area contributed by atoms with E-state index >= 15 is 0 Å². The maximum Gasteiger partial charge on any atom is 0.267 e. The van der Waals surface area contributed by atoms with Gasteiger partial charge >= 0.3 is 0 Å². The normalized spacial score (nSPS) is 12.4. The first kappa shape index (κ1) is 20.9. The number of halogens is 4. The lowest BCUT2D eigenvalue weighted by Crippen LogP contribution is -2.29. The van der Waals surface area contributed by atoms with Crippen molar-refractivity contribution in [3.05, 3.63) is 81.6 Å². The van der Waals surface area contributed by atoms with Crippen LogP contribution in [0.1, 0.15) is 18.8 Å². The second-order valence-electron chi connectivity index (χ2n) is 7.12. The Morgan fingerprint density at radius 3 is 2.58 bits per heavy atom. The van der Waals surface area contributed by atoms with Crippen molar-refractivity contribution in [1.82, 2.24) is 29.5 Å². The Balaban J connectivity index is 1.78. The first-order valence-electron chi connectivity index (χ1n) is 9.62. The Bertz CT molecular complexity index is 1580. The second kappa shape index (κ2) is 7.85. The van der Waals surface area contributed by atoms with Crippen LogP contribution < -0.4 is 10.9 Å². The molecule has 5 rings (SSSR count). The van der Waals surface area contributed by atoms with Crippen molar-refractivity contribution in [3.8, 4) is 5.69 Å². The fourth-order valence-corrected chi connectivity index (χ4v) is 3.82. The summed E-state index contributed by atoms with van der Waals surface area (Å²) in [5, 5.41) is 2.26. The van der Waals surface area contributed by atoms with Crippen molar-refractivity contribution < 1.29 is 13.2 Å². The summed E-state index contributed by atoms with van der Waals surface area (Å²) >= 11 is 6.02. The average molecular weight is 472 g/mol. The van der Waals surface area contributed by atoms with E-state index in [-0.39, 0.29) is 16.7 Å². The third-order valence-corrected chi connectivity index (χ3v) is 5.44. The van der Waals surface area contributed by atoms with Gasteiger partial charge in [-0.1, -0.05) is 17.7 Å². The molecule has 166 valence electrons. The molecule has 0 saturated heterocycles. The number of hydrogen-bond donors (Lipinski definition) is 2. The maximum atomic E-state index is 14.7. The second-order valence-corrected chi connectivity index (χ2v) is 7.50. The minimum absolute atomic E-state index is 0.0542. The third-order valence-electron chi connectivity index (χ3n) is 5.07. The van der Waals surface area contributed by atoms with Crippen LogP contribution in [0.4, 0.5) is 19.0 Å². The molecule has 0 bridgehead atoms. The molecule has 0 unspecified atom stereocenters. The quantitative estimate of drug-likeness (QED) is 0.405. The highest BCUT2D eigenvalue weighted by Gasteiger charge is 2.25. The highest BCUT2D eigenvalue weighted by molar-refractivity contribution is 6.35. The topological polar surface area (TPSA) is 101 Å². The Kier molecular flexibility index (Phi) is 4.97. The van der Waals surface area contributed by atoms with Crippen LogP contribution in [0.3, 0.4) is 0 Å². The number of para-hydroxylation sites is 1. The van der Waals surface area contributed by atoms with Crippen LogP contribution in [0.2, 0.25) is 5.02 Å². The van der Waals surface area contributed by atoms with Gasteiger partial charge in [-0.2, -0.15) is 0 Å². The molecule has 12 heteroatoms. The molecule has 0 fully saturated rings. The van der Waals surface area contributed by atoms with Crippen LogP contribution in [-0.2, 0) is 0 Å². The molecule has 2 N–H and O–H groups in total. The van der Waals surface area contributed by atoms with E-state index in [2.05, 4.69) is 30.2 Å². The Hall–Kier alpha value is -3.99. The van der Waals surface area contributed by atoms with Crippen molar-refractivity contribution in [2.45, 2.75) is 13.0 Å². The molecule has 3 heterocycles. The van der Waals surface area contributed by atoms with Gasteiger partial charge in [0, 0.05) is 0 Å². The molecule has 1 atom stereocenters. The molecule has 0 radical (unpaired) electrons. The van der Waals surface area contributed by atoms with Gasteiger partial charge in [-0.05, 0) is 31.2 Å². The molecular weight excluding hydrogens is 459 g/mol. The third kappa shape index (κ3) is 3.37. The molecule has 8 nitrogen and oxygen atoms in total. The molecule has 0 spiro atoms. The summed E-state index contributed by atoms with van der Waals surface area (Å²) in [6.07, 6.45) is 2.74. The summed E-state index contributed by atoms with van der Waals surface area (Å²) in [6.45, 7) is 1.62. The van der Waals surface area contributed by atoms with Crippen molar-refractivity contribution in [3.63, 3.8) is 0 Å². The Morgan fingerprint density at radius 2 is 1.82 bits per heavy atom. The van der Waals surface area contributed by atoms with E-state index in [0.717, 1.165) is 28.8 Å². The number of nitrogens with zero attached hydrogens (tertiary/aromatic N) is 5. The summed E-state index contributed by atoms with van der Waals surface area (Å²) in [6, 6.07) is 4.69. The first-order valence-corrected chi connectivity index (χ1v) is 10.00. The lowest BCUT2D eigenvalue weighted by molar-refractivity contribution is 0.557. The lowest BCUT2D eigenvalue weighted by Gasteiger charge is -2.21. The molecular formula is C21H13ClF3N7O. The largest absolute Gasteiger partial charge is 0.358 e. The number of rotatable bonds is 4. The molecule has 0 aliphatic heterocycles. The summed E-state index contributed by atoms with van der Waals surface area (Å²) in [7, 11) is 0. The molecule has 0 aliphatic carbocycles. The fourth-order valence-electron chi connectivity index (χ4n) is 3.58. The van der Waals surface area contributed by atoms with E-state index < -0.39 is 39.8 Å². The number of anilines is 1. The number of benzene rings is 2. The van der Waals surface area contributed by atoms with Gasteiger partial charge in [-0.25, -0.2) is 33.1 Å². The van der Waals surface area contributed by atoms with E-state index in [9.17, 15) is 18.0 Å². The standard InChI is InChI=1S/C21H13ClF3N7O/c1-9(30-19-16-18(27-7-26-16)28-8-29-19)20-31-13-6-5-10(23)15(22)14(13)21(33)32(20)17-11(24)3-2-4-12(17)25/h2-9H,1H3,(H2,26,27,28,29,30)/t9-/m1/s1. The molecule has 3 aromatic heterocycles. The van der Waals surface area contributed by atoms with E-state index in [1.54, 1.807) is 6.92 Å². The van der Waals surface area contributed by atoms with Crippen LogP contribution in [0.25, 0.3) is 27.8 Å². The van der Waals surface area contributed by atoms with Crippen LogP contribution in [0.15, 0.2) is 47.8 Å². The smallest absolute Gasteiger partial charge is 0.267 e. The van der Waals surface area contributed by atoms with E-state index in [1.807, 2.05) is 0 Å². The van der Waals surface area contributed by atoms with E-state index in [4.69, 9.17) is 11.6 Å². The van der Waals surface area contributed by atoms with Gasteiger partial charge in [0.1, 0.15) is 40.8 Å². The number of imidazole rings is 1. The molecule has 0 amide bonds. The molecule has 2 aromatic carbocycles. The maximum absolute atomic E-state index is 14.7. The molecule has 0 saturated carbocycles. The predicted molar refractivity (Wildman–Crippen MR) is 116 cm³/mol. The monoisotopic (exact) mass is 471 g/mol. The van der Waals surface area contributed by atoms with Gasteiger partial charge in [0.05, 0.1) is 28.3 Å². The number of nitrogens with one attached hydrogen (secondary N) is 2. The number of aromatic nitrogens is 6. The molecule has 33 heavy (non-hydrogen) atoms. The van der Waals surface area contributed by atoms with Crippen molar-refractivity contribution in [2.75, 3.05) is 5.32 Å². The van der Waals surface area contributed by atoms with Crippen molar-refractivity contribution in [2.24, 2.45) is 0 Å². The lowest BCUT2D eigenvalue weighted by atomic mass is 10.2.